The molecule has 0 aromatic rings. The highest BCUT2D eigenvalue weighted by Crippen LogP contribution is 2.40. The number of carbonyl (C=O) groups excluding carboxylic acids is 1. The molecule has 1 rings (SSSR count). The molecule has 1 saturated carbocycles. The summed E-state index contributed by atoms with van der Waals surface area (Å²) in [5.74, 6) is -1.70. The van der Waals surface area contributed by atoms with E-state index in [0.717, 1.165) is 26.6 Å². The average molecular weight is 397 g/mol. The van der Waals surface area contributed by atoms with Gasteiger partial charge in [-0.1, -0.05) is 50.5 Å². The van der Waals surface area contributed by atoms with Crippen molar-refractivity contribution in [1.29, 1.82) is 0 Å². The van der Waals surface area contributed by atoms with E-state index in [4.69, 9.17) is 4.74 Å². The van der Waals surface area contributed by atoms with E-state index in [1.807, 2.05) is 6.08 Å². The fraction of sp³-hybridized carbons (Fsp3) is 0.783. The molecule has 0 unspecified atom stereocenters. The molecule has 28 heavy (non-hydrogen) atoms. The highest BCUT2D eigenvalue weighted by atomic mass is 16.6. The molecule has 0 spiro atoms. The molecule has 5 heteroatoms. The number of allylic oxidation sites excluding steroid dienone is 4. The molecule has 162 valence electrons. The maximum absolute atomic E-state index is 11.3. The van der Waals surface area contributed by atoms with E-state index in [1.54, 1.807) is 7.11 Å². The van der Waals surface area contributed by atoms with E-state index in [2.05, 4.69) is 29.9 Å². The lowest BCUT2D eigenvalue weighted by Gasteiger charge is -2.21. The van der Waals surface area contributed by atoms with Crippen LogP contribution < -0.4 is 0 Å². The average Bonchev–Trinajstić information content (AvgIpc) is 3.05. The Morgan fingerprint density at radius 1 is 1.04 bits per heavy atom. The van der Waals surface area contributed by atoms with Gasteiger partial charge in [0.25, 0.3) is 5.79 Å². The van der Waals surface area contributed by atoms with E-state index >= 15 is 0 Å². The molecule has 0 aliphatic heterocycles. The van der Waals surface area contributed by atoms with Gasteiger partial charge < -0.3 is 19.7 Å². The van der Waals surface area contributed by atoms with Crippen molar-refractivity contribution >= 4 is 5.97 Å². The van der Waals surface area contributed by atoms with Gasteiger partial charge in [-0.25, -0.2) is 4.79 Å². The minimum Gasteiger partial charge on any atom is -0.465 e. The molecule has 2 N–H and O–H groups in total. The van der Waals surface area contributed by atoms with Crippen molar-refractivity contribution in [2.75, 3.05) is 20.8 Å². The Balaban J connectivity index is 2.47. The fourth-order valence-electron chi connectivity index (χ4n) is 4.08. The topological polar surface area (TPSA) is 76.0 Å². The lowest BCUT2D eigenvalue weighted by atomic mass is 9.87. The number of carbonyl (C=O) groups is 1. The Labute approximate surface area is 170 Å². The minimum atomic E-state index is -2.40. The van der Waals surface area contributed by atoms with Crippen LogP contribution in [-0.4, -0.2) is 42.8 Å². The van der Waals surface area contributed by atoms with Gasteiger partial charge >= 0.3 is 5.97 Å². The number of methoxy groups -OCH3 is 2. The molecule has 0 heterocycles. The Hall–Kier alpha value is -1.17. The molecule has 0 bridgehead atoms. The fourth-order valence-corrected chi connectivity index (χ4v) is 4.08. The third kappa shape index (κ3) is 8.89. The van der Waals surface area contributed by atoms with Crippen molar-refractivity contribution in [2.24, 2.45) is 17.8 Å². The van der Waals surface area contributed by atoms with Gasteiger partial charge in [0.1, 0.15) is 0 Å². The van der Waals surface area contributed by atoms with E-state index in [9.17, 15) is 15.0 Å². The number of hydrogen-bond acceptors (Lipinski definition) is 5. The molecule has 1 fully saturated rings. The summed E-state index contributed by atoms with van der Waals surface area (Å²) in [6.07, 6.45) is 18.8. The van der Waals surface area contributed by atoms with Crippen LogP contribution in [0.1, 0.15) is 71.1 Å². The van der Waals surface area contributed by atoms with Crippen molar-refractivity contribution in [3.63, 3.8) is 0 Å². The second-order valence-corrected chi connectivity index (χ2v) is 7.96. The summed E-state index contributed by atoms with van der Waals surface area (Å²) in [5, 5.41) is 19.3. The zero-order valence-electron chi connectivity index (χ0n) is 17.9. The summed E-state index contributed by atoms with van der Waals surface area (Å²) >= 11 is 0. The zero-order valence-corrected chi connectivity index (χ0v) is 17.9. The molecule has 1 aliphatic carbocycles. The van der Waals surface area contributed by atoms with E-state index < -0.39 is 11.8 Å². The van der Waals surface area contributed by atoms with Crippen LogP contribution >= 0.6 is 0 Å². The Kier molecular flexibility index (Phi) is 12.4. The molecule has 5 nitrogen and oxygen atoms in total. The van der Waals surface area contributed by atoms with Crippen LogP contribution in [0.5, 0.6) is 0 Å². The van der Waals surface area contributed by atoms with E-state index in [-0.39, 0.29) is 6.42 Å². The summed E-state index contributed by atoms with van der Waals surface area (Å²) in [6, 6.07) is 0. The zero-order chi connectivity index (χ0) is 20.8. The van der Waals surface area contributed by atoms with Crippen molar-refractivity contribution in [3.05, 3.63) is 24.3 Å². The summed E-state index contributed by atoms with van der Waals surface area (Å²) in [6.45, 7) is 3.04. The first-order valence-electron chi connectivity index (χ1n) is 10.8. The number of rotatable bonds is 14. The lowest BCUT2D eigenvalue weighted by Crippen LogP contribution is -2.39. The molecule has 0 amide bonds. The largest absolute Gasteiger partial charge is 0.465 e. The molecule has 0 aromatic carbocycles. The normalized spacial score (nSPS) is 23.1. The van der Waals surface area contributed by atoms with Crippen LogP contribution in [0.25, 0.3) is 0 Å². The number of hydrogen-bond donors (Lipinski definition) is 2. The summed E-state index contributed by atoms with van der Waals surface area (Å²) in [7, 11) is 2.92. The van der Waals surface area contributed by atoms with Gasteiger partial charge in [0.2, 0.25) is 0 Å². The molecule has 0 radical (unpaired) electrons. The number of aliphatic hydroxyl groups is 2. The molecule has 3 atom stereocenters. The SMILES string of the molecule is CCCCCC/C=C/[C@@H]1[C@@H](C/C=C\CCC(O)(O)C(=O)OC)CC[C@H]1COC. The van der Waals surface area contributed by atoms with Crippen molar-refractivity contribution < 1.29 is 24.5 Å². The van der Waals surface area contributed by atoms with E-state index in [0.29, 0.717) is 24.2 Å². The number of ether oxygens (including phenoxy) is 2. The maximum atomic E-state index is 11.3. The van der Waals surface area contributed by atoms with Crippen LogP contribution in [0.2, 0.25) is 0 Å². The predicted molar refractivity (Wildman–Crippen MR) is 112 cm³/mol. The van der Waals surface area contributed by atoms with Gasteiger partial charge in [-0.15, -0.1) is 0 Å². The first-order chi connectivity index (χ1) is 13.5. The van der Waals surface area contributed by atoms with Crippen LogP contribution in [0.4, 0.5) is 0 Å². The molecule has 1 aliphatic rings. The quantitative estimate of drug-likeness (QED) is 0.197. The highest BCUT2D eigenvalue weighted by molar-refractivity contribution is 5.76. The van der Waals surface area contributed by atoms with Gasteiger partial charge in [-0.2, -0.15) is 0 Å². The van der Waals surface area contributed by atoms with Gasteiger partial charge in [-0.05, 0) is 56.3 Å². The molecule has 0 saturated heterocycles. The van der Waals surface area contributed by atoms with Crippen molar-refractivity contribution in [2.45, 2.75) is 76.9 Å². The summed E-state index contributed by atoms with van der Waals surface area (Å²) < 4.78 is 9.81. The summed E-state index contributed by atoms with van der Waals surface area (Å²) in [5.41, 5.74) is 0. The van der Waals surface area contributed by atoms with E-state index in [1.165, 1.54) is 38.5 Å². The van der Waals surface area contributed by atoms with Gasteiger partial charge in [0.05, 0.1) is 7.11 Å². The third-order valence-corrected chi connectivity index (χ3v) is 5.74. The molecular formula is C23H40O5. The monoisotopic (exact) mass is 396 g/mol. The van der Waals surface area contributed by atoms with Crippen LogP contribution in [0.15, 0.2) is 24.3 Å². The van der Waals surface area contributed by atoms with Gasteiger partial charge in [0, 0.05) is 20.1 Å². The Morgan fingerprint density at radius 2 is 1.79 bits per heavy atom. The lowest BCUT2D eigenvalue weighted by molar-refractivity contribution is -0.208. The van der Waals surface area contributed by atoms with Gasteiger partial charge in [-0.3, -0.25) is 0 Å². The minimum absolute atomic E-state index is 0.0613. The molecular weight excluding hydrogens is 356 g/mol. The standard InChI is InChI=1S/C23H40O5/c1-4-5-6-7-8-11-14-21-19(15-16-20(21)18-27-2)13-10-9-12-17-23(25,26)22(24)28-3/h9-11,14,19-21,25-26H,4-8,12-13,15-18H2,1-3H3/b10-9-,14-11+/t19-,20-,21+/m0/s1. The number of unbranched alkanes of at least 4 members (excludes halogenated alkanes) is 4. The second kappa shape index (κ2) is 13.9. The number of esters is 1. The van der Waals surface area contributed by atoms with Crippen LogP contribution in [0, 0.1) is 17.8 Å². The maximum Gasteiger partial charge on any atom is 0.366 e. The Bertz CT molecular complexity index is 483. The Morgan fingerprint density at radius 3 is 2.46 bits per heavy atom. The summed E-state index contributed by atoms with van der Waals surface area (Å²) in [4.78, 5) is 11.3. The molecule has 0 aromatic heterocycles. The second-order valence-electron chi connectivity index (χ2n) is 7.96. The predicted octanol–water partition coefficient (Wildman–Crippen LogP) is 4.38. The van der Waals surface area contributed by atoms with Crippen molar-refractivity contribution in [3.8, 4) is 0 Å². The van der Waals surface area contributed by atoms with Crippen LogP contribution in [-0.2, 0) is 14.3 Å². The smallest absolute Gasteiger partial charge is 0.366 e. The first kappa shape index (κ1) is 24.9. The van der Waals surface area contributed by atoms with Crippen LogP contribution in [0.3, 0.4) is 0 Å². The first-order valence-corrected chi connectivity index (χ1v) is 10.8. The van der Waals surface area contributed by atoms with Gasteiger partial charge in [0.15, 0.2) is 0 Å². The van der Waals surface area contributed by atoms with Crippen molar-refractivity contribution in [1.82, 2.24) is 0 Å². The third-order valence-electron chi connectivity index (χ3n) is 5.74. The highest BCUT2D eigenvalue weighted by Gasteiger charge is 2.34.